The predicted octanol–water partition coefficient (Wildman–Crippen LogP) is 9.44. The van der Waals surface area contributed by atoms with Gasteiger partial charge in [-0.3, -0.25) is 9.98 Å². The van der Waals surface area contributed by atoms with Gasteiger partial charge < -0.3 is 0 Å². The van der Waals surface area contributed by atoms with E-state index in [0.717, 1.165) is 34.0 Å². The molecule has 0 spiro atoms. The summed E-state index contributed by atoms with van der Waals surface area (Å²) >= 11 is 1.58. The number of hydrogen-bond acceptors (Lipinski definition) is 3. The number of hydrogen-bond donors (Lipinski definition) is 0. The van der Waals surface area contributed by atoms with Gasteiger partial charge in [0.1, 0.15) is 0 Å². The van der Waals surface area contributed by atoms with E-state index < -0.39 is 23.5 Å². The van der Waals surface area contributed by atoms with E-state index in [-0.39, 0.29) is 13.1 Å². The summed E-state index contributed by atoms with van der Waals surface area (Å²) < 4.78 is 75.9. The quantitative estimate of drug-likeness (QED) is 0.167. The molecule has 0 radical (unpaired) electrons. The molecular weight excluding hydrogens is 565 g/mol. The third-order valence-electron chi connectivity index (χ3n) is 4.30. The molecule has 34 heavy (non-hydrogen) atoms. The van der Waals surface area contributed by atoms with Crippen molar-refractivity contribution in [3.05, 3.63) is 81.5 Å². The van der Waals surface area contributed by atoms with Crippen LogP contribution in [0.5, 0.6) is 0 Å². The fraction of sp³-hybridized carbons (Fsp3) is 0.182. The van der Waals surface area contributed by atoms with Crippen molar-refractivity contribution in [1.29, 1.82) is 0 Å². The van der Waals surface area contributed by atoms with Crippen LogP contribution in [-0.2, 0) is 25.5 Å². The van der Waals surface area contributed by atoms with Crippen LogP contribution in [-0.4, -0.2) is 11.4 Å². The summed E-state index contributed by atoms with van der Waals surface area (Å²) in [5.41, 5.74) is 0.568. The van der Waals surface area contributed by atoms with Gasteiger partial charge in [0.25, 0.3) is 0 Å². The zero-order valence-electron chi connectivity index (χ0n) is 17.5. The molecule has 0 atom stereocenters. The molecule has 0 aliphatic heterocycles. The Labute approximate surface area is 211 Å². The molecule has 184 valence electrons. The Hall–Kier alpha value is -1.84. The van der Waals surface area contributed by atoms with Crippen LogP contribution in [0.2, 0.25) is 0 Å². The average Bonchev–Trinajstić information content (AvgIpc) is 3.24. The van der Waals surface area contributed by atoms with Crippen LogP contribution in [0.4, 0.5) is 37.7 Å². The molecule has 0 amide bonds. The molecule has 0 bridgehead atoms. The normalized spacial score (nSPS) is 13.0. The van der Waals surface area contributed by atoms with Gasteiger partial charge in [0, 0.05) is 9.75 Å². The summed E-state index contributed by atoms with van der Waals surface area (Å²) in [6.07, 6.45) is -8.80. The van der Waals surface area contributed by atoms with Gasteiger partial charge in [-0.05, 0) is 74.5 Å². The average molecular weight is 581 g/mol. The van der Waals surface area contributed by atoms with E-state index in [2.05, 4.69) is 9.98 Å². The Bertz CT molecular complexity index is 1050. The van der Waals surface area contributed by atoms with E-state index in [9.17, 15) is 26.3 Å². The number of alkyl halides is 6. The second-order valence-corrected chi connectivity index (χ2v) is 9.61. The summed E-state index contributed by atoms with van der Waals surface area (Å²) in [5.74, 6) is 0. The van der Waals surface area contributed by atoms with Crippen molar-refractivity contribution in [2.24, 2.45) is 9.98 Å². The van der Waals surface area contributed by atoms with Gasteiger partial charge in [0.05, 0.1) is 33.9 Å². The maximum atomic E-state index is 12.7. The van der Waals surface area contributed by atoms with Gasteiger partial charge in [-0.2, -0.15) is 26.3 Å². The fourth-order valence-electron chi connectivity index (χ4n) is 2.67. The number of halogens is 8. The summed E-state index contributed by atoms with van der Waals surface area (Å²) in [4.78, 5) is 10.3. The van der Waals surface area contributed by atoms with Crippen LogP contribution < -0.4 is 0 Å². The molecule has 3 aromatic rings. The molecule has 2 aromatic carbocycles. The van der Waals surface area contributed by atoms with Crippen molar-refractivity contribution in [1.82, 2.24) is 0 Å². The molecule has 0 unspecified atom stereocenters. The maximum absolute atomic E-state index is 12.7. The molecule has 2 nitrogen and oxygen atoms in total. The van der Waals surface area contributed by atoms with Crippen molar-refractivity contribution >= 4 is 54.3 Å². The first-order valence-corrected chi connectivity index (χ1v) is 13.1. The Kier molecular flexibility index (Phi) is 10.2. The van der Waals surface area contributed by atoms with Crippen LogP contribution in [0.3, 0.4) is 0 Å². The first kappa shape index (κ1) is 28.4. The molecule has 1 aromatic heterocycles. The van der Waals surface area contributed by atoms with E-state index in [1.165, 1.54) is 35.6 Å². The molecule has 0 fully saturated rings. The first-order valence-electron chi connectivity index (χ1n) is 9.26. The van der Waals surface area contributed by atoms with Crippen LogP contribution in [0.25, 0.3) is 0 Å². The van der Waals surface area contributed by atoms with Crippen molar-refractivity contribution < 1.29 is 39.5 Å². The predicted molar refractivity (Wildman–Crippen MR) is 123 cm³/mol. The number of aliphatic imine (C=N–C) groups is 2. The summed E-state index contributed by atoms with van der Waals surface area (Å²) in [5, 5.41) is 0. The van der Waals surface area contributed by atoms with Crippen molar-refractivity contribution in [2.45, 2.75) is 26.2 Å². The Morgan fingerprint density at radius 2 is 0.941 bits per heavy atom. The minimum absolute atomic E-state index is 0.194. The van der Waals surface area contributed by atoms with E-state index in [1.807, 2.05) is 12.1 Å². The topological polar surface area (TPSA) is 24.7 Å². The van der Waals surface area contributed by atoms with Gasteiger partial charge >= 0.3 is 45.7 Å². The number of rotatable bonds is 4. The Morgan fingerprint density at radius 3 is 1.21 bits per heavy atom. The molecule has 1 heterocycles. The second kappa shape index (κ2) is 12.2. The Balaban J connectivity index is 0.00000129. The van der Waals surface area contributed by atoms with Gasteiger partial charge in [0.15, 0.2) is 0 Å². The monoisotopic (exact) mass is 580 g/mol. The third kappa shape index (κ3) is 8.43. The van der Waals surface area contributed by atoms with Crippen LogP contribution >= 0.6 is 31.5 Å². The summed E-state index contributed by atoms with van der Waals surface area (Å²) in [6, 6.07) is 12.8. The van der Waals surface area contributed by atoms with E-state index in [0.29, 0.717) is 22.8 Å². The van der Waals surface area contributed by atoms with Gasteiger partial charge in [-0.25, -0.2) is 0 Å². The van der Waals surface area contributed by atoms with Gasteiger partial charge in [0.2, 0.25) is 0 Å². The molecule has 0 N–H and O–H groups in total. The standard InChI is InChI=1S/C22H16F6N2S.2ClH.Fe/c1-13(29-17-7-3-15(4-8-17)21(23,24)25)19-11-12-20(31-19)14(2)30-18-9-5-16(6-10-18)22(26,27)28;;;/h3-12H,1-2H3;2*1H;/q;;;+2/p-2. The molecule has 0 aliphatic rings. The summed E-state index contributed by atoms with van der Waals surface area (Å²) in [6.45, 7) is 3.49. The fourth-order valence-corrected chi connectivity index (χ4v) is 3.57. The number of nitrogens with zero attached hydrogens (tertiary/aromatic N) is 2. The summed E-state index contributed by atoms with van der Waals surface area (Å²) in [7, 11) is 9.53. The van der Waals surface area contributed by atoms with Gasteiger partial charge in [-0.1, -0.05) is 0 Å². The van der Waals surface area contributed by atoms with E-state index in [1.54, 1.807) is 13.8 Å². The van der Waals surface area contributed by atoms with Crippen molar-refractivity contribution in [2.75, 3.05) is 0 Å². The minimum atomic E-state index is -4.40. The molecule has 0 aliphatic carbocycles. The third-order valence-corrected chi connectivity index (χ3v) is 5.60. The van der Waals surface area contributed by atoms with E-state index >= 15 is 0 Å². The first-order chi connectivity index (χ1) is 15.8. The number of benzene rings is 2. The zero-order valence-corrected chi connectivity index (χ0v) is 20.9. The van der Waals surface area contributed by atoms with E-state index in [4.69, 9.17) is 20.2 Å². The Morgan fingerprint density at radius 1 is 0.647 bits per heavy atom. The van der Waals surface area contributed by atoms with Crippen LogP contribution in [0, 0.1) is 0 Å². The van der Waals surface area contributed by atoms with Crippen LogP contribution in [0.1, 0.15) is 34.7 Å². The second-order valence-electron chi connectivity index (χ2n) is 6.70. The molecule has 0 saturated heterocycles. The van der Waals surface area contributed by atoms with Crippen molar-refractivity contribution in [3.63, 3.8) is 0 Å². The van der Waals surface area contributed by atoms with Crippen LogP contribution in [0.15, 0.2) is 70.6 Å². The molecular formula is C22H16Cl2F6FeN2S. The molecule has 3 rings (SSSR count). The zero-order chi connectivity index (χ0) is 25.5. The van der Waals surface area contributed by atoms with Crippen molar-refractivity contribution in [3.8, 4) is 0 Å². The van der Waals surface area contributed by atoms with Gasteiger partial charge in [-0.15, -0.1) is 11.3 Å². The SMILES string of the molecule is CC(=Nc1ccc(C(F)(F)F)cc1)c1ccc(C(C)=Nc2ccc(C(F)(F)F)cc2)s1.[Cl][Fe][Cl]. The molecule has 12 heteroatoms. The molecule has 0 saturated carbocycles. The number of thiophene rings is 1.